The summed E-state index contributed by atoms with van der Waals surface area (Å²) in [4.78, 5) is 12.4. The second-order valence-electron chi connectivity index (χ2n) is 7.61. The van der Waals surface area contributed by atoms with E-state index in [-0.39, 0.29) is 13.2 Å². The quantitative estimate of drug-likeness (QED) is 0.383. The highest BCUT2D eigenvalue weighted by Crippen LogP contribution is 2.32. The van der Waals surface area contributed by atoms with Crippen molar-refractivity contribution in [3.63, 3.8) is 0 Å². The van der Waals surface area contributed by atoms with Crippen LogP contribution in [0.5, 0.6) is 0 Å². The summed E-state index contributed by atoms with van der Waals surface area (Å²) in [5.74, 6) is -0.395. The zero-order valence-corrected chi connectivity index (χ0v) is 18.1. The number of aromatic nitrogens is 4. The summed E-state index contributed by atoms with van der Waals surface area (Å²) < 4.78 is 28.7. The van der Waals surface area contributed by atoms with Crippen LogP contribution in [0, 0.1) is 12.8 Å². The molecule has 0 unspecified atom stereocenters. The molecule has 3 heterocycles. The van der Waals surface area contributed by atoms with Gasteiger partial charge in [-0.05, 0) is 31.0 Å². The van der Waals surface area contributed by atoms with Gasteiger partial charge in [-0.2, -0.15) is 8.42 Å². The Morgan fingerprint density at radius 3 is 2.71 bits per heavy atom. The van der Waals surface area contributed by atoms with E-state index in [1.165, 1.54) is 6.33 Å². The maximum absolute atomic E-state index is 11.1. The number of para-hydroxylation sites is 1. The maximum Gasteiger partial charge on any atom is 0.333 e. The molecule has 0 saturated carbocycles. The van der Waals surface area contributed by atoms with Crippen molar-refractivity contribution in [2.45, 2.75) is 32.9 Å². The van der Waals surface area contributed by atoms with Crippen molar-refractivity contribution in [3.05, 3.63) is 48.4 Å². The molecule has 2 atom stereocenters. The molecular weight excluding hydrogens is 418 g/mol. The number of benzene rings is 1. The minimum absolute atomic E-state index is 0.176. The van der Waals surface area contributed by atoms with Gasteiger partial charge >= 0.3 is 10.3 Å². The number of fused-ring (bicyclic) bond motifs is 2. The SMILES string of the molecule is CC[C@@H](COS(N)(=O)=O)[C@@H](O)Cn1ccc2c(-c3[nH]c4ccccc4c3C)ncnc21. The third-order valence-corrected chi connectivity index (χ3v) is 6.12. The molecular formula is C21H25N5O4S. The second-order valence-corrected chi connectivity index (χ2v) is 8.83. The number of H-pyrrole nitrogens is 1. The highest BCUT2D eigenvalue weighted by atomic mass is 32.2. The number of nitrogens with one attached hydrogen (secondary N) is 1. The average molecular weight is 444 g/mol. The lowest BCUT2D eigenvalue weighted by atomic mass is 10.0. The predicted octanol–water partition coefficient (Wildman–Crippen LogP) is 2.50. The number of aromatic amines is 1. The Balaban J connectivity index is 1.65. The normalized spacial score (nSPS) is 14.3. The number of rotatable bonds is 8. The molecule has 0 spiro atoms. The average Bonchev–Trinajstić information content (AvgIpc) is 3.29. The molecule has 0 aliphatic rings. The molecule has 31 heavy (non-hydrogen) atoms. The van der Waals surface area contributed by atoms with Gasteiger partial charge in [0.25, 0.3) is 0 Å². The van der Waals surface area contributed by atoms with Crippen molar-refractivity contribution < 1.29 is 17.7 Å². The lowest BCUT2D eigenvalue weighted by molar-refractivity contribution is 0.0616. The van der Waals surface area contributed by atoms with E-state index in [0.717, 1.165) is 33.2 Å². The Hall–Kier alpha value is -2.79. The summed E-state index contributed by atoms with van der Waals surface area (Å²) in [6, 6.07) is 10.0. The molecule has 4 rings (SSSR count). The van der Waals surface area contributed by atoms with Crippen LogP contribution in [-0.4, -0.2) is 45.8 Å². The van der Waals surface area contributed by atoms with E-state index < -0.39 is 22.3 Å². The fourth-order valence-electron chi connectivity index (χ4n) is 3.90. The number of nitrogens with zero attached hydrogens (tertiary/aromatic N) is 3. The molecule has 3 aromatic heterocycles. The largest absolute Gasteiger partial charge is 0.391 e. The molecule has 0 aliphatic carbocycles. The van der Waals surface area contributed by atoms with E-state index in [1.807, 2.05) is 42.0 Å². The van der Waals surface area contributed by atoms with Gasteiger partial charge < -0.3 is 14.7 Å². The molecule has 0 fully saturated rings. The number of nitrogens with two attached hydrogens (primary N) is 1. The maximum atomic E-state index is 11.1. The lowest BCUT2D eigenvalue weighted by Gasteiger charge is -2.21. The van der Waals surface area contributed by atoms with Crippen LogP contribution in [0.2, 0.25) is 0 Å². The Labute approximate surface area is 180 Å². The molecule has 0 saturated heterocycles. The third-order valence-electron chi connectivity index (χ3n) is 5.66. The van der Waals surface area contributed by atoms with Crippen LogP contribution >= 0.6 is 0 Å². The molecule has 10 heteroatoms. The summed E-state index contributed by atoms with van der Waals surface area (Å²) in [6.07, 6.45) is 3.05. The molecule has 1 aromatic carbocycles. The number of aliphatic hydroxyl groups is 1. The molecule has 9 nitrogen and oxygen atoms in total. The zero-order chi connectivity index (χ0) is 22.2. The van der Waals surface area contributed by atoms with Gasteiger partial charge in [0.1, 0.15) is 12.0 Å². The van der Waals surface area contributed by atoms with E-state index in [4.69, 9.17) is 5.14 Å². The van der Waals surface area contributed by atoms with Gasteiger partial charge in [0, 0.05) is 28.4 Å². The molecule has 4 N–H and O–H groups in total. The van der Waals surface area contributed by atoms with Crippen LogP contribution < -0.4 is 5.14 Å². The topological polar surface area (TPSA) is 136 Å². The summed E-state index contributed by atoms with van der Waals surface area (Å²) in [5.41, 5.74) is 4.55. The predicted molar refractivity (Wildman–Crippen MR) is 118 cm³/mol. The van der Waals surface area contributed by atoms with Gasteiger partial charge in [-0.15, -0.1) is 0 Å². The van der Waals surface area contributed by atoms with Gasteiger partial charge in [-0.3, -0.25) is 4.18 Å². The lowest BCUT2D eigenvalue weighted by Crippen LogP contribution is -2.31. The van der Waals surface area contributed by atoms with Crippen LogP contribution in [0.1, 0.15) is 18.9 Å². The Morgan fingerprint density at radius 1 is 1.23 bits per heavy atom. The number of hydrogen-bond acceptors (Lipinski definition) is 6. The van der Waals surface area contributed by atoms with Gasteiger partial charge in [0.2, 0.25) is 0 Å². The zero-order valence-electron chi connectivity index (χ0n) is 17.3. The van der Waals surface area contributed by atoms with E-state index in [2.05, 4.69) is 32.1 Å². The van der Waals surface area contributed by atoms with Crippen LogP contribution in [0.15, 0.2) is 42.9 Å². The highest BCUT2D eigenvalue weighted by Gasteiger charge is 2.22. The van der Waals surface area contributed by atoms with Crippen LogP contribution in [0.3, 0.4) is 0 Å². The number of hydrogen-bond donors (Lipinski definition) is 3. The second kappa shape index (κ2) is 8.39. The fraction of sp³-hybridized carbons (Fsp3) is 0.333. The standard InChI is InChI=1S/C21H25N5O4S/c1-3-14(11-30-31(22,28)29)18(27)10-26-9-8-16-20(23-12-24-21(16)26)19-13(2)15-6-4-5-7-17(15)25-19/h4-9,12,14,18,25,27H,3,10-11H2,1-2H3,(H2,22,28,29)/t14-,18-/m0/s1. The summed E-state index contributed by atoms with van der Waals surface area (Å²) in [6.45, 7) is 3.97. The smallest absolute Gasteiger partial charge is 0.333 e. The van der Waals surface area contributed by atoms with Crippen LogP contribution in [-0.2, 0) is 21.0 Å². The van der Waals surface area contributed by atoms with Gasteiger partial charge in [-0.1, -0.05) is 25.1 Å². The first kappa shape index (κ1) is 21.4. The first-order valence-corrected chi connectivity index (χ1v) is 11.5. The van der Waals surface area contributed by atoms with Crippen molar-refractivity contribution in [1.82, 2.24) is 19.5 Å². The van der Waals surface area contributed by atoms with Gasteiger partial charge in [0.15, 0.2) is 0 Å². The number of aryl methyl sites for hydroxylation is 1. The summed E-state index contributed by atoms with van der Waals surface area (Å²) >= 11 is 0. The Kier molecular flexibility index (Phi) is 5.80. The monoisotopic (exact) mass is 443 g/mol. The summed E-state index contributed by atoms with van der Waals surface area (Å²) in [5, 5.41) is 17.6. The molecule has 164 valence electrons. The molecule has 4 aromatic rings. The van der Waals surface area contributed by atoms with Crippen molar-refractivity contribution in [1.29, 1.82) is 0 Å². The van der Waals surface area contributed by atoms with Gasteiger partial charge in [-0.25, -0.2) is 15.1 Å². The fourth-order valence-corrected chi connectivity index (χ4v) is 4.27. The molecule has 0 aliphatic heterocycles. The highest BCUT2D eigenvalue weighted by molar-refractivity contribution is 7.84. The Bertz CT molecular complexity index is 1330. The van der Waals surface area contributed by atoms with E-state index >= 15 is 0 Å². The minimum atomic E-state index is -4.05. The third kappa shape index (κ3) is 4.33. The summed E-state index contributed by atoms with van der Waals surface area (Å²) in [7, 11) is -4.05. The minimum Gasteiger partial charge on any atom is -0.391 e. The van der Waals surface area contributed by atoms with Crippen molar-refractivity contribution in [2.24, 2.45) is 11.1 Å². The van der Waals surface area contributed by atoms with E-state index in [0.29, 0.717) is 12.1 Å². The van der Waals surface area contributed by atoms with Crippen molar-refractivity contribution >= 4 is 32.2 Å². The van der Waals surface area contributed by atoms with E-state index in [1.54, 1.807) is 0 Å². The van der Waals surface area contributed by atoms with Gasteiger partial charge in [0.05, 0.1) is 30.6 Å². The first-order valence-electron chi connectivity index (χ1n) is 10.0. The van der Waals surface area contributed by atoms with Crippen molar-refractivity contribution in [3.8, 4) is 11.4 Å². The van der Waals surface area contributed by atoms with Crippen molar-refractivity contribution in [2.75, 3.05) is 6.61 Å². The first-order chi connectivity index (χ1) is 14.8. The Morgan fingerprint density at radius 2 is 2.00 bits per heavy atom. The van der Waals surface area contributed by atoms with Crippen LogP contribution in [0.25, 0.3) is 33.3 Å². The molecule has 0 amide bonds. The molecule has 0 bridgehead atoms. The van der Waals surface area contributed by atoms with E-state index in [9.17, 15) is 13.5 Å². The van der Waals surface area contributed by atoms with Crippen LogP contribution in [0.4, 0.5) is 0 Å². The number of aliphatic hydroxyl groups excluding tert-OH is 1. The molecule has 0 radical (unpaired) electrons.